The van der Waals surface area contributed by atoms with Gasteiger partial charge in [-0.05, 0) is 55.3 Å². The van der Waals surface area contributed by atoms with E-state index in [1.54, 1.807) is 17.8 Å². The van der Waals surface area contributed by atoms with Crippen molar-refractivity contribution in [3.63, 3.8) is 0 Å². The Morgan fingerprint density at radius 1 is 1.03 bits per heavy atom. The highest BCUT2D eigenvalue weighted by molar-refractivity contribution is 7.98. The van der Waals surface area contributed by atoms with Gasteiger partial charge in [0.15, 0.2) is 0 Å². The van der Waals surface area contributed by atoms with E-state index in [0.717, 1.165) is 60.1 Å². The summed E-state index contributed by atoms with van der Waals surface area (Å²) in [6, 6.07) is 13.5. The van der Waals surface area contributed by atoms with E-state index < -0.39 is 0 Å². The lowest BCUT2D eigenvalue weighted by molar-refractivity contribution is -0.126. The number of piperidine rings is 1. The number of hydrogen-bond acceptors (Lipinski definition) is 3. The molecule has 3 rings (SSSR count). The summed E-state index contributed by atoms with van der Waals surface area (Å²) in [5.41, 5.74) is 2.22. The number of carbonyl (C=O) groups is 1. The third kappa shape index (κ3) is 7.08. The average molecular weight is 472 g/mol. The number of rotatable bonds is 8. The molecule has 0 atom stereocenters. The minimum atomic E-state index is 0.105. The van der Waals surface area contributed by atoms with Crippen LogP contribution in [-0.4, -0.2) is 36.2 Å². The molecule has 0 spiro atoms. The fourth-order valence-corrected chi connectivity index (χ4v) is 5.04. The molecule has 29 heavy (non-hydrogen) atoms. The molecule has 7 heteroatoms. The van der Waals surface area contributed by atoms with E-state index in [1.165, 1.54) is 0 Å². The van der Waals surface area contributed by atoms with E-state index in [0.29, 0.717) is 16.6 Å². The van der Waals surface area contributed by atoms with Crippen molar-refractivity contribution in [2.24, 2.45) is 5.92 Å². The van der Waals surface area contributed by atoms with Gasteiger partial charge < -0.3 is 5.32 Å². The highest BCUT2D eigenvalue weighted by atomic mass is 35.5. The molecule has 0 aliphatic carbocycles. The number of carbonyl (C=O) groups excluding carboxylic acids is 1. The van der Waals surface area contributed by atoms with Crippen LogP contribution in [0.2, 0.25) is 15.1 Å². The van der Waals surface area contributed by atoms with Crippen molar-refractivity contribution < 1.29 is 4.79 Å². The first-order chi connectivity index (χ1) is 14.0. The molecule has 0 bridgehead atoms. The van der Waals surface area contributed by atoms with Crippen molar-refractivity contribution in [1.82, 2.24) is 10.2 Å². The molecule has 1 aliphatic rings. The van der Waals surface area contributed by atoms with Crippen LogP contribution < -0.4 is 5.32 Å². The molecule has 1 amide bonds. The molecular formula is C22H25Cl3N2OS. The second-order valence-corrected chi connectivity index (χ2v) is 9.58. The maximum absolute atomic E-state index is 12.4. The number of nitrogens with zero attached hydrogens (tertiary/aromatic N) is 1. The largest absolute Gasteiger partial charge is 0.355 e. The monoisotopic (exact) mass is 470 g/mol. The summed E-state index contributed by atoms with van der Waals surface area (Å²) < 4.78 is 0. The molecule has 0 unspecified atom stereocenters. The maximum Gasteiger partial charge on any atom is 0.223 e. The predicted octanol–water partition coefficient (Wildman–Crippen LogP) is 5.91. The molecule has 0 saturated carbocycles. The Morgan fingerprint density at radius 3 is 2.52 bits per heavy atom. The lowest BCUT2D eigenvalue weighted by Gasteiger charge is -2.31. The number of hydrogen-bond donors (Lipinski definition) is 1. The van der Waals surface area contributed by atoms with Gasteiger partial charge in [-0.2, -0.15) is 11.8 Å². The quantitative estimate of drug-likeness (QED) is 0.486. The van der Waals surface area contributed by atoms with Crippen LogP contribution in [0.5, 0.6) is 0 Å². The zero-order valence-electron chi connectivity index (χ0n) is 16.2. The summed E-state index contributed by atoms with van der Waals surface area (Å²) in [5, 5.41) is 5.23. The molecular weight excluding hydrogens is 447 g/mol. The van der Waals surface area contributed by atoms with Gasteiger partial charge in [0, 0.05) is 45.6 Å². The zero-order chi connectivity index (χ0) is 20.6. The van der Waals surface area contributed by atoms with E-state index in [2.05, 4.69) is 16.3 Å². The molecule has 156 valence electrons. The Labute approximate surface area is 192 Å². The van der Waals surface area contributed by atoms with Crippen molar-refractivity contribution >= 4 is 52.5 Å². The van der Waals surface area contributed by atoms with Crippen molar-refractivity contribution in [1.29, 1.82) is 0 Å². The van der Waals surface area contributed by atoms with E-state index in [1.807, 2.05) is 30.3 Å². The van der Waals surface area contributed by atoms with Crippen molar-refractivity contribution in [2.75, 3.05) is 25.4 Å². The summed E-state index contributed by atoms with van der Waals surface area (Å²) in [5.74, 6) is 1.95. The van der Waals surface area contributed by atoms with Gasteiger partial charge in [0.05, 0.1) is 0 Å². The van der Waals surface area contributed by atoms with Crippen LogP contribution in [-0.2, 0) is 17.1 Å². The number of halogens is 3. The van der Waals surface area contributed by atoms with Crippen LogP contribution in [0, 0.1) is 5.92 Å². The van der Waals surface area contributed by atoms with Gasteiger partial charge >= 0.3 is 0 Å². The Morgan fingerprint density at radius 2 is 1.79 bits per heavy atom. The highest BCUT2D eigenvalue weighted by Gasteiger charge is 2.24. The van der Waals surface area contributed by atoms with Gasteiger partial charge in [-0.1, -0.05) is 59.1 Å². The van der Waals surface area contributed by atoms with Crippen LogP contribution in [0.25, 0.3) is 0 Å². The number of benzene rings is 2. The smallest absolute Gasteiger partial charge is 0.223 e. The first-order valence-electron chi connectivity index (χ1n) is 9.78. The minimum Gasteiger partial charge on any atom is -0.355 e. The van der Waals surface area contributed by atoms with Gasteiger partial charge in [0.2, 0.25) is 5.91 Å². The molecule has 1 N–H and O–H groups in total. The van der Waals surface area contributed by atoms with E-state index in [-0.39, 0.29) is 11.8 Å². The second-order valence-electron chi connectivity index (χ2n) is 7.22. The molecule has 1 fully saturated rings. The normalized spacial score (nSPS) is 15.4. The van der Waals surface area contributed by atoms with Crippen LogP contribution in [0.1, 0.15) is 24.0 Å². The van der Waals surface area contributed by atoms with Gasteiger partial charge in [0.25, 0.3) is 0 Å². The number of likely N-dealkylation sites (tertiary alicyclic amines) is 1. The van der Waals surface area contributed by atoms with E-state index >= 15 is 0 Å². The van der Waals surface area contributed by atoms with Gasteiger partial charge in [-0.25, -0.2) is 0 Å². The average Bonchev–Trinajstić information content (AvgIpc) is 2.71. The molecule has 1 heterocycles. The molecule has 0 radical (unpaired) electrons. The first-order valence-corrected chi connectivity index (χ1v) is 12.1. The summed E-state index contributed by atoms with van der Waals surface area (Å²) in [4.78, 5) is 14.8. The molecule has 2 aromatic carbocycles. The summed E-state index contributed by atoms with van der Waals surface area (Å²) in [7, 11) is 0. The Kier molecular flexibility index (Phi) is 9.01. The van der Waals surface area contributed by atoms with Crippen LogP contribution in [0.4, 0.5) is 0 Å². The lowest BCUT2D eigenvalue weighted by atomic mass is 9.95. The first kappa shape index (κ1) is 22.8. The Bertz CT molecular complexity index is 825. The molecule has 3 nitrogen and oxygen atoms in total. The Balaban J connectivity index is 1.32. The van der Waals surface area contributed by atoms with Gasteiger partial charge in [-0.3, -0.25) is 9.69 Å². The van der Waals surface area contributed by atoms with E-state index in [9.17, 15) is 4.79 Å². The fraction of sp³-hybridized carbons (Fsp3) is 0.409. The molecule has 1 aliphatic heterocycles. The minimum absolute atomic E-state index is 0.105. The van der Waals surface area contributed by atoms with Crippen molar-refractivity contribution in [3.05, 3.63) is 68.7 Å². The number of nitrogens with one attached hydrogen (secondary N) is 1. The van der Waals surface area contributed by atoms with Crippen molar-refractivity contribution in [2.45, 2.75) is 25.1 Å². The SMILES string of the molecule is O=C(NCCSCc1ccc(Cl)cc1Cl)C1CCN(Cc2ccccc2Cl)CC1. The highest BCUT2D eigenvalue weighted by Crippen LogP contribution is 2.25. The standard InChI is InChI=1S/C22H25Cl3N2OS/c23-19-6-5-18(21(25)13-19)15-29-12-9-26-22(28)16-7-10-27(11-8-16)14-17-3-1-2-4-20(17)24/h1-6,13,16H,7-12,14-15H2,(H,26,28). The fourth-order valence-electron chi connectivity index (χ4n) is 3.43. The number of amides is 1. The maximum atomic E-state index is 12.4. The lowest BCUT2D eigenvalue weighted by Crippen LogP contribution is -2.40. The molecule has 0 aromatic heterocycles. The van der Waals surface area contributed by atoms with Crippen molar-refractivity contribution in [3.8, 4) is 0 Å². The summed E-state index contributed by atoms with van der Waals surface area (Å²) in [6.07, 6.45) is 1.79. The third-order valence-corrected chi connectivity index (χ3v) is 7.09. The third-order valence-electron chi connectivity index (χ3n) is 5.13. The second kappa shape index (κ2) is 11.5. The summed E-state index contributed by atoms with van der Waals surface area (Å²) >= 11 is 20.1. The topological polar surface area (TPSA) is 32.3 Å². The molecule has 1 saturated heterocycles. The number of thioether (sulfide) groups is 1. The van der Waals surface area contributed by atoms with Crippen LogP contribution in [0.15, 0.2) is 42.5 Å². The van der Waals surface area contributed by atoms with E-state index in [4.69, 9.17) is 34.8 Å². The van der Waals surface area contributed by atoms with Crippen LogP contribution in [0.3, 0.4) is 0 Å². The Hall–Kier alpha value is -0.910. The zero-order valence-corrected chi connectivity index (χ0v) is 19.3. The van der Waals surface area contributed by atoms with Crippen LogP contribution >= 0.6 is 46.6 Å². The summed E-state index contributed by atoms with van der Waals surface area (Å²) in [6.45, 7) is 3.37. The van der Waals surface area contributed by atoms with Gasteiger partial charge in [-0.15, -0.1) is 0 Å². The molecule has 2 aromatic rings. The predicted molar refractivity (Wildman–Crippen MR) is 125 cm³/mol. The van der Waals surface area contributed by atoms with Gasteiger partial charge in [0.1, 0.15) is 0 Å².